The van der Waals surface area contributed by atoms with E-state index in [-0.39, 0.29) is 22.5 Å². The lowest BCUT2D eigenvalue weighted by molar-refractivity contribution is -0.363. The Bertz CT molecular complexity index is 1220. The van der Waals surface area contributed by atoms with Gasteiger partial charge in [0.1, 0.15) is 11.5 Å². The van der Waals surface area contributed by atoms with Crippen LogP contribution in [0.15, 0.2) is 41.1 Å². The Morgan fingerprint density at radius 3 is 2.20 bits per heavy atom. The molecule has 2 aliphatic heterocycles. The van der Waals surface area contributed by atoms with E-state index in [1.807, 2.05) is 0 Å². The van der Waals surface area contributed by atoms with Gasteiger partial charge < -0.3 is 22.3 Å². The standard InChI is InChI=1S/C22H21BF2N2O3/c1-12-18(10-28)14(3)26-21(12)20(16-6-8-17(30-5)9-7-16)22-13(2)19(11-29)15(4)27(22)23(26,24)25/h6-11H,1-5H3. The van der Waals surface area contributed by atoms with Crippen LogP contribution in [-0.4, -0.2) is 41.3 Å². The molecule has 0 radical (unpaired) electrons. The molecule has 0 saturated heterocycles. The van der Waals surface area contributed by atoms with E-state index >= 15 is 8.63 Å². The molecule has 0 bridgehead atoms. The van der Waals surface area contributed by atoms with E-state index in [0.29, 0.717) is 52.0 Å². The molecule has 4 rings (SSSR count). The monoisotopic (exact) mass is 410 g/mol. The van der Waals surface area contributed by atoms with Gasteiger partial charge in [0.25, 0.3) is 0 Å². The lowest BCUT2D eigenvalue weighted by atomic mass is 9.83. The molecule has 0 spiro atoms. The molecule has 2 aromatic rings. The van der Waals surface area contributed by atoms with Crippen LogP contribution in [0.25, 0.3) is 5.57 Å². The zero-order valence-electron chi connectivity index (χ0n) is 17.4. The van der Waals surface area contributed by atoms with Crippen molar-refractivity contribution in [3.8, 4) is 5.75 Å². The highest BCUT2D eigenvalue weighted by molar-refractivity contribution is 6.58. The summed E-state index contributed by atoms with van der Waals surface area (Å²) in [6.07, 6.45) is 1.25. The number of hydrogen-bond acceptors (Lipinski definition) is 3. The van der Waals surface area contributed by atoms with Gasteiger partial charge in [0.15, 0.2) is 18.3 Å². The highest BCUT2D eigenvalue weighted by atomic mass is 19.2. The Hall–Kier alpha value is -3.29. The van der Waals surface area contributed by atoms with Crippen molar-refractivity contribution in [1.29, 1.82) is 0 Å². The van der Waals surface area contributed by atoms with Gasteiger partial charge in [0.05, 0.1) is 18.3 Å². The third kappa shape index (κ3) is 2.36. The van der Waals surface area contributed by atoms with Crippen LogP contribution < -0.4 is 4.74 Å². The molecule has 154 valence electrons. The second-order valence-electron chi connectivity index (χ2n) is 7.61. The zero-order chi connectivity index (χ0) is 22.0. The number of halogens is 2. The summed E-state index contributed by atoms with van der Waals surface area (Å²) < 4.78 is 39.0. The maximum atomic E-state index is 15.9. The Morgan fingerprint density at radius 1 is 1.03 bits per heavy atom. The largest absolute Gasteiger partial charge is 0.737 e. The quantitative estimate of drug-likeness (QED) is 0.567. The molecule has 1 aromatic carbocycles. The normalized spacial score (nSPS) is 17.3. The summed E-state index contributed by atoms with van der Waals surface area (Å²) in [5, 5.41) is 0. The first-order valence-electron chi connectivity index (χ1n) is 9.58. The lowest BCUT2D eigenvalue weighted by Crippen LogP contribution is -2.51. The van der Waals surface area contributed by atoms with E-state index in [1.54, 1.807) is 45.2 Å². The lowest BCUT2D eigenvalue weighted by Gasteiger charge is -2.34. The molecule has 0 atom stereocenters. The molecule has 5 nitrogen and oxygen atoms in total. The van der Waals surface area contributed by atoms with E-state index in [4.69, 9.17) is 4.74 Å². The molecule has 0 saturated carbocycles. The van der Waals surface area contributed by atoms with Crippen molar-refractivity contribution in [3.63, 3.8) is 0 Å². The van der Waals surface area contributed by atoms with Gasteiger partial charge in [-0.2, -0.15) is 0 Å². The average Bonchev–Trinajstić information content (AvgIpc) is 3.13. The molecule has 1 aromatic heterocycles. The zero-order valence-corrected chi connectivity index (χ0v) is 17.4. The molecular formula is C22H21BF2N2O3. The summed E-state index contributed by atoms with van der Waals surface area (Å²) in [5.41, 5.74) is 3.77. The summed E-state index contributed by atoms with van der Waals surface area (Å²) in [5.74, 6) is 0.637. The van der Waals surface area contributed by atoms with Crippen LogP contribution in [0.1, 0.15) is 46.7 Å². The SMILES string of the molecule is COc1ccc(C2=C3C(C)=C(C=O)C(C)=[N+]3[B-](F)(F)n3c(C)c(C=O)c(C)c32)cc1. The minimum atomic E-state index is -4.30. The van der Waals surface area contributed by atoms with E-state index in [1.165, 1.54) is 13.8 Å². The smallest absolute Gasteiger partial charge is 0.497 e. The van der Waals surface area contributed by atoms with Crippen LogP contribution in [0.2, 0.25) is 0 Å². The Morgan fingerprint density at radius 2 is 1.67 bits per heavy atom. The molecule has 3 heterocycles. The molecule has 0 N–H and O–H groups in total. The first-order chi connectivity index (χ1) is 14.2. The number of carbonyl (C=O) groups is 2. The van der Waals surface area contributed by atoms with Crippen LogP contribution >= 0.6 is 0 Å². The maximum absolute atomic E-state index is 15.9. The number of carbonyl (C=O) groups excluding carboxylic acids is 2. The van der Waals surface area contributed by atoms with Crippen molar-refractivity contribution < 1.29 is 27.4 Å². The number of ether oxygens (including phenoxy) is 1. The summed E-state index contributed by atoms with van der Waals surface area (Å²) in [7, 11) is 1.55. The average molecular weight is 410 g/mol. The molecule has 0 aliphatic carbocycles. The van der Waals surface area contributed by atoms with Crippen molar-refractivity contribution in [3.05, 3.63) is 69.2 Å². The number of rotatable bonds is 4. The summed E-state index contributed by atoms with van der Waals surface area (Å²) in [4.78, 5) is 23.4. The number of methoxy groups -OCH3 is 1. The van der Waals surface area contributed by atoms with Gasteiger partial charge in [-0.3, -0.25) is 9.59 Å². The van der Waals surface area contributed by atoms with Crippen molar-refractivity contribution in [2.75, 3.05) is 7.11 Å². The first kappa shape index (κ1) is 20.0. The van der Waals surface area contributed by atoms with Crippen molar-refractivity contribution in [2.24, 2.45) is 0 Å². The van der Waals surface area contributed by atoms with E-state index in [0.717, 1.165) is 8.96 Å². The Labute approximate surface area is 173 Å². The predicted octanol–water partition coefficient (Wildman–Crippen LogP) is 3.92. The van der Waals surface area contributed by atoms with Gasteiger partial charge in [0, 0.05) is 23.8 Å². The topological polar surface area (TPSA) is 51.3 Å². The van der Waals surface area contributed by atoms with Gasteiger partial charge in [-0.1, -0.05) is 12.1 Å². The number of hydrogen-bond donors (Lipinski definition) is 0. The fourth-order valence-corrected chi connectivity index (χ4v) is 4.75. The third-order valence-corrected chi connectivity index (χ3v) is 6.21. The van der Waals surface area contributed by atoms with Gasteiger partial charge in [0.2, 0.25) is 0 Å². The third-order valence-electron chi connectivity index (χ3n) is 6.21. The number of fused-ring (bicyclic) bond motifs is 2. The fraction of sp³-hybridized carbons (Fsp3) is 0.227. The van der Waals surface area contributed by atoms with Crippen LogP contribution in [0.3, 0.4) is 0 Å². The highest BCUT2D eigenvalue weighted by Gasteiger charge is 2.57. The van der Waals surface area contributed by atoms with Gasteiger partial charge in [-0.05, 0) is 49.7 Å². The maximum Gasteiger partial charge on any atom is 0.737 e. The fourth-order valence-electron chi connectivity index (χ4n) is 4.75. The molecule has 30 heavy (non-hydrogen) atoms. The van der Waals surface area contributed by atoms with Gasteiger partial charge in [-0.25, -0.2) is 0 Å². The van der Waals surface area contributed by atoms with Crippen molar-refractivity contribution >= 4 is 30.8 Å². The Kier molecular flexibility index (Phi) is 4.41. The predicted molar refractivity (Wildman–Crippen MR) is 111 cm³/mol. The first-order valence-corrected chi connectivity index (χ1v) is 9.58. The van der Waals surface area contributed by atoms with E-state index < -0.39 is 6.97 Å². The van der Waals surface area contributed by atoms with Gasteiger partial charge in [-0.15, -0.1) is 0 Å². The summed E-state index contributed by atoms with van der Waals surface area (Å²) in [6.45, 7) is 2.12. The molecule has 0 fully saturated rings. The van der Waals surface area contributed by atoms with E-state index in [9.17, 15) is 9.59 Å². The molecule has 0 unspecified atom stereocenters. The number of aldehydes is 2. The number of benzene rings is 1. The second-order valence-corrected chi connectivity index (χ2v) is 7.61. The van der Waals surface area contributed by atoms with Gasteiger partial charge >= 0.3 is 6.97 Å². The molecule has 2 aliphatic rings. The van der Waals surface area contributed by atoms with Crippen LogP contribution in [0.4, 0.5) is 8.63 Å². The molecule has 8 heteroatoms. The number of nitrogens with zero attached hydrogens (tertiary/aromatic N) is 2. The highest BCUT2D eigenvalue weighted by Crippen LogP contribution is 2.46. The second kappa shape index (κ2) is 6.62. The molecule has 0 amide bonds. The summed E-state index contributed by atoms with van der Waals surface area (Å²) >= 11 is 0. The van der Waals surface area contributed by atoms with E-state index in [2.05, 4.69) is 0 Å². The van der Waals surface area contributed by atoms with Crippen LogP contribution in [0.5, 0.6) is 5.75 Å². The van der Waals surface area contributed by atoms with Crippen LogP contribution in [0, 0.1) is 13.8 Å². The number of aromatic nitrogens is 1. The van der Waals surface area contributed by atoms with Crippen molar-refractivity contribution in [2.45, 2.75) is 27.7 Å². The Balaban J connectivity index is 2.21. The summed E-state index contributed by atoms with van der Waals surface area (Å²) in [6, 6.07) is 7.10. The van der Waals surface area contributed by atoms with Crippen molar-refractivity contribution in [1.82, 2.24) is 4.48 Å². The number of allylic oxidation sites excluding steroid dienone is 2. The molecular weight excluding hydrogens is 389 g/mol. The minimum Gasteiger partial charge on any atom is -0.497 e. The van der Waals surface area contributed by atoms with Crippen LogP contribution in [-0.2, 0) is 4.79 Å². The minimum absolute atomic E-state index is 0.206.